The molecule has 0 bridgehead atoms. The highest BCUT2D eigenvalue weighted by atomic mass is 16.5. The van der Waals surface area contributed by atoms with Crippen LogP contribution in [0.3, 0.4) is 0 Å². The first kappa shape index (κ1) is 13.2. The standard InChI is InChI=1S/C17H19NO2/c19-12-16(18-11-13-4-2-1-3-5-13)14-6-7-17-15(10-14)8-9-20-17/h1-7,10,16,18-19H,8-9,11-12H2. The largest absolute Gasteiger partial charge is 0.493 e. The molecule has 2 aromatic carbocycles. The second-order valence-corrected chi connectivity index (χ2v) is 5.07. The summed E-state index contributed by atoms with van der Waals surface area (Å²) in [5.74, 6) is 0.980. The minimum Gasteiger partial charge on any atom is -0.493 e. The van der Waals surface area contributed by atoms with Crippen LogP contribution in [0.1, 0.15) is 22.7 Å². The zero-order chi connectivity index (χ0) is 13.8. The van der Waals surface area contributed by atoms with Crippen molar-refractivity contribution in [3.63, 3.8) is 0 Å². The van der Waals surface area contributed by atoms with E-state index in [1.807, 2.05) is 30.3 Å². The van der Waals surface area contributed by atoms with E-state index >= 15 is 0 Å². The molecule has 1 aliphatic heterocycles. The summed E-state index contributed by atoms with van der Waals surface area (Å²) in [6.45, 7) is 1.60. The summed E-state index contributed by atoms with van der Waals surface area (Å²) < 4.78 is 5.51. The van der Waals surface area contributed by atoms with Crippen molar-refractivity contribution in [2.75, 3.05) is 13.2 Å². The Morgan fingerprint density at radius 2 is 2.00 bits per heavy atom. The molecule has 0 amide bonds. The molecule has 3 rings (SSSR count). The van der Waals surface area contributed by atoms with Crippen LogP contribution in [0, 0.1) is 0 Å². The van der Waals surface area contributed by atoms with Gasteiger partial charge in [0.1, 0.15) is 5.75 Å². The number of hydrogen-bond donors (Lipinski definition) is 2. The Balaban J connectivity index is 1.70. The highest BCUT2D eigenvalue weighted by Gasteiger charge is 2.16. The molecule has 0 fully saturated rings. The fraction of sp³-hybridized carbons (Fsp3) is 0.294. The van der Waals surface area contributed by atoms with Gasteiger partial charge in [-0.15, -0.1) is 0 Å². The van der Waals surface area contributed by atoms with E-state index in [4.69, 9.17) is 4.74 Å². The zero-order valence-electron chi connectivity index (χ0n) is 11.4. The molecule has 1 atom stereocenters. The van der Waals surface area contributed by atoms with Crippen LogP contribution in [0.2, 0.25) is 0 Å². The van der Waals surface area contributed by atoms with Crippen LogP contribution in [0.5, 0.6) is 5.75 Å². The van der Waals surface area contributed by atoms with Gasteiger partial charge in [-0.05, 0) is 22.8 Å². The molecule has 1 heterocycles. The highest BCUT2D eigenvalue weighted by Crippen LogP contribution is 2.28. The number of nitrogens with one attached hydrogen (secondary N) is 1. The van der Waals surface area contributed by atoms with Gasteiger partial charge in [0.2, 0.25) is 0 Å². The first-order chi connectivity index (χ1) is 9.86. The van der Waals surface area contributed by atoms with Gasteiger partial charge in [0.05, 0.1) is 19.3 Å². The topological polar surface area (TPSA) is 41.5 Å². The lowest BCUT2D eigenvalue weighted by Crippen LogP contribution is -2.24. The number of aliphatic hydroxyl groups is 1. The first-order valence-electron chi connectivity index (χ1n) is 7.00. The molecule has 0 saturated carbocycles. The van der Waals surface area contributed by atoms with Gasteiger partial charge >= 0.3 is 0 Å². The Hall–Kier alpha value is -1.84. The molecule has 104 valence electrons. The molecule has 2 N–H and O–H groups in total. The Bertz CT molecular complexity index is 568. The summed E-state index contributed by atoms with van der Waals surface area (Å²) in [5.41, 5.74) is 3.57. The Kier molecular flexibility index (Phi) is 4.00. The van der Waals surface area contributed by atoms with Gasteiger partial charge < -0.3 is 15.2 Å². The number of rotatable bonds is 5. The summed E-state index contributed by atoms with van der Waals surface area (Å²) in [6, 6.07) is 16.4. The number of hydrogen-bond acceptors (Lipinski definition) is 3. The summed E-state index contributed by atoms with van der Waals surface area (Å²) >= 11 is 0. The summed E-state index contributed by atoms with van der Waals surface area (Å²) in [5, 5.41) is 13.0. The third kappa shape index (κ3) is 2.84. The summed E-state index contributed by atoms with van der Waals surface area (Å²) in [4.78, 5) is 0. The Labute approximate surface area is 119 Å². The van der Waals surface area contributed by atoms with Crippen LogP contribution >= 0.6 is 0 Å². The van der Waals surface area contributed by atoms with E-state index in [2.05, 4.69) is 23.5 Å². The molecule has 1 unspecified atom stereocenters. The van der Waals surface area contributed by atoms with Gasteiger partial charge in [0.25, 0.3) is 0 Å². The summed E-state index contributed by atoms with van der Waals surface area (Å²) in [6.07, 6.45) is 0.958. The molecular formula is C17H19NO2. The van der Waals surface area contributed by atoms with Crippen LogP contribution in [0.4, 0.5) is 0 Å². The van der Waals surface area contributed by atoms with Gasteiger partial charge in [-0.3, -0.25) is 0 Å². The fourth-order valence-electron chi connectivity index (χ4n) is 2.55. The SMILES string of the molecule is OCC(NCc1ccccc1)c1ccc2c(c1)CCO2. The lowest BCUT2D eigenvalue weighted by Gasteiger charge is -2.17. The Morgan fingerprint density at radius 3 is 2.80 bits per heavy atom. The van der Waals surface area contributed by atoms with Crippen molar-refractivity contribution in [3.8, 4) is 5.75 Å². The van der Waals surface area contributed by atoms with Crippen molar-refractivity contribution < 1.29 is 9.84 Å². The second-order valence-electron chi connectivity index (χ2n) is 5.07. The lowest BCUT2D eigenvalue weighted by atomic mass is 10.0. The molecule has 0 spiro atoms. The predicted octanol–water partition coefficient (Wildman–Crippen LogP) is 2.44. The van der Waals surface area contributed by atoms with E-state index in [0.29, 0.717) is 0 Å². The zero-order valence-corrected chi connectivity index (χ0v) is 11.4. The Morgan fingerprint density at radius 1 is 1.15 bits per heavy atom. The molecule has 3 nitrogen and oxygen atoms in total. The first-order valence-corrected chi connectivity index (χ1v) is 7.00. The highest BCUT2D eigenvalue weighted by molar-refractivity contribution is 5.40. The average molecular weight is 269 g/mol. The monoisotopic (exact) mass is 269 g/mol. The molecular weight excluding hydrogens is 250 g/mol. The fourth-order valence-corrected chi connectivity index (χ4v) is 2.55. The van der Waals surface area contributed by atoms with Crippen molar-refractivity contribution in [2.24, 2.45) is 0 Å². The van der Waals surface area contributed by atoms with E-state index in [9.17, 15) is 5.11 Å². The third-order valence-corrected chi connectivity index (χ3v) is 3.69. The van der Waals surface area contributed by atoms with Crippen LogP contribution in [0.15, 0.2) is 48.5 Å². The summed E-state index contributed by atoms with van der Waals surface area (Å²) in [7, 11) is 0. The van der Waals surface area contributed by atoms with Crippen molar-refractivity contribution in [2.45, 2.75) is 19.0 Å². The van der Waals surface area contributed by atoms with Crippen LogP contribution < -0.4 is 10.1 Å². The van der Waals surface area contributed by atoms with Gasteiger partial charge in [0, 0.05) is 13.0 Å². The lowest BCUT2D eigenvalue weighted by molar-refractivity contribution is 0.243. The van der Waals surface area contributed by atoms with E-state index in [1.54, 1.807) is 0 Å². The van der Waals surface area contributed by atoms with Crippen molar-refractivity contribution >= 4 is 0 Å². The molecule has 0 aromatic heterocycles. The molecule has 2 aromatic rings. The maximum atomic E-state index is 9.61. The second kappa shape index (κ2) is 6.07. The smallest absolute Gasteiger partial charge is 0.122 e. The van der Waals surface area contributed by atoms with Gasteiger partial charge in [-0.1, -0.05) is 42.5 Å². The average Bonchev–Trinajstić information content (AvgIpc) is 2.96. The van der Waals surface area contributed by atoms with E-state index in [0.717, 1.165) is 30.9 Å². The maximum Gasteiger partial charge on any atom is 0.122 e. The van der Waals surface area contributed by atoms with Crippen molar-refractivity contribution in [1.82, 2.24) is 5.32 Å². The predicted molar refractivity (Wildman–Crippen MR) is 78.7 cm³/mol. The van der Waals surface area contributed by atoms with Crippen LogP contribution in [-0.2, 0) is 13.0 Å². The number of ether oxygens (including phenoxy) is 1. The molecule has 1 aliphatic rings. The maximum absolute atomic E-state index is 9.61. The van der Waals surface area contributed by atoms with E-state index < -0.39 is 0 Å². The van der Waals surface area contributed by atoms with Gasteiger partial charge in [-0.25, -0.2) is 0 Å². The van der Waals surface area contributed by atoms with Crippen LogP contribution in [0.25, 0.3) is 0 Å². The number of aliphatic hydroxyl groups excluding tert-OH is 1. The van der Waals surface area contributed by atoms with E-state index in [1.165, 1.54) is 11.1 Å². The third-order valence-electron chi connectivity index (χ3n) is 3.69. The molecule has 0 aliphatic carbocycles. The van der Waals surface area contributed by atoms with Crippen molar-refractivity contribution in [3.05, 3.63) is 65.2 Å². The number of fused-ring (bicyclic) bond motifs is 1. The van der Waals surface area contributed by atoms with E-state index in [-0.39, 0.29) is 12.6 Å². The molecule has 0 radical (unpaired) electrons. The molecule has 3 heteroatoms. The minimum absolute atomic E-state index is 0.0406. The van der Waals surface area contributed by atoms with Gasteiger partial charge in [0.15, 0.2) is 0 Å². The van der Waals surface area contributed by atoms with Crippen molar-refractivity contribution in [1.29, 1.82) is 0 Å². The quantitative estimate of drug-likeness (QED) is 0.876. The normalized spacial score (nSPS) is 14.7. The van der Waals surface area contributed by atoms with Gasteiger partial charge in [-0.2, -0.15) is 0 Å². The molecule has 0 saturated heterocycles. The number of benzene rings is 2. The molecule has 20 heavy (non-hydrogen) atoms. The minimum atomic E-state index is -0.0406. The van der Waals surface area contributed by atoms with Crippen LogP contribution in [-0.4, -0.2) is 18.3 Å².